The number of fused-ring (bicyclic) bond motifs is 1. The Bertz CT molecular complexity index is 568. The van der Waals surface area contributed by atoms with Gasteiger partial charge in [0.05, 0.1) is 11.5 Å². The van der Waals surface area contributed by atoms with Crippen LogP contribution in [0.15, 0.2) is 24.3 Å². The summed E-state index contributed by atoms with van der Waals surface area (Å²) in [4.78, 5) is 14.5. The monoisotopic (exact) mass is 270 g/mol. The van der Waals surface area contributed by atoms with E-state index in [1.165, 1.54) is 0 Å². The number of nitrogens with zero attached hydrogens (tertiary/aromatic N) is 2. The van der Waals surface area contributed by atoms with Gasteiger partial charge in [0, 0.05) is 18.7 Å². The number of rotatable bonds is 1. The van der Waals surface area contributed by atoms with E-state index < -0.39 is 0 Å². The zero-order valence-corrected chi connectivity index (χ0v) is 11.6. The summed E-state index contributed by atoms with van der Waals surface area (Å²) < 4.78 is 5.59. The second-order valence-corrected chi connectivity index (χ2v) is 5.90. The van der Waals surface area contributed by atoms with E-state index in [0.717, 1.165) is 24.2 Å². The molecule has 0 bridgehead atoms. The number of nitriles is 1. The number of hydrogen-bond donors (Lipinski definition) is 0. The smallest absolute Gasteiger partial charge is 0.233 e. The van der Waals surface area contributed by atoms with Crippen molar-refractivity contribution in [3.63, 3.8) is 0 Å². The summed E-state index contributed by atoms with van der Waals surface area (Å²) >= 11 is 0. The Morgan fingerprint density at radius 1 is 1.40 bits per heavy atom. The van der Waals surface area contributed by atoms with Gasteiger partial charge in [-0.2, -0.15) is 5.26 Å². The van der Waals surface area contributed by atoms with Gasteiger partial charge in [0.15, 0.2) is 0 Å². The average molecular weight is 270 g/mol. The van der Waals surface area contributed by atoms with Gasteiger partial charge in [-0.3, -0.25) is 4.79 Å². The van der Waals surface area contributed by atoms with Gasteiger partial charge in [-0.1, -0.05) is 18.2 Å². The minimum Gasteiger partial charge on any atom is -0.492 e. The molecule has 2 aliphatic rings. The summed E-state index contributed by atoms with van der Waals surface area (Å²) in [5.41, 5.74) is 0.715. The molecule has 0 aromatic heterocycles. The van der Waals surface area contributed by atoms with Gasteiger partial charge < -0.3 is 9.64 Å². The number of benzene rings is 1. The molecule has 0 saturated carbocycles. The third-order valence-electron chi connectivity index (χ3n) is 4.45. The summed E-state index contributed by atoms with van der Waals surface area (Å²) in [6.07, 6.45) is 1.51. The van der Waals surface area contributed by atoms with Crippen molar-refractivity contribution in [1.82, 2.24) is 4.90 Å². The van der Waals surface area contributed by atoms with Crippen molar-refractivity contribution < 1.29 is 9.53 Å². The standard InChI is InChI=1S/C16H18N2O2/c1-16(11-17)6-8-18(9-7-16)15(19)13-10-20-14-5-3-2-4-12(13)14/h2-5,13H,6-10H2,1H3. The van der Waals surface area contributed by atoms with E-state index in [-0.39, 0.29) is 17.2 Å². The highest BCUT2D eigenvalue weighted by Crippen LogP contribution is 2.36. The Balaban J connectivity index is 1.71. The first-order valence-corrected chi connectivity index (χ1v) is 7.05. The van der Waals surface area contributed by atoms with Crippen molar-refractivity contribution in [2.45, 2.75) is 25.7 Å². The molecule has 4 heteroatoms. The van der Waals surface area contributed by atoms with Crippen LogP contribution in [0, 0.1) is 16.7 Å². The molecule has 1 saturated heterocycles. The highest BCUT2D eigenvalue weighted by Gasteiger charge is 2.37. The SMILES string of the molecule is CC1(C#N)CCN(C(=O)C2COc3ccccc32)CC1. The number of hydrogen-bond acceptors (Lipinski definition) is 3. The van der Waals surface area contributed by atoms with Gasteiger partial charge in [0.25, 0.3) is 0 Å². The van der Waals surface area contributed by atoms with E-state index in [9.17, 15) is 4.79 Å². The Morgan fingerprint density at radius 2 is 2.10 bits per heavy atom. The van der Waals surface area contributed by atoms with Crippen LogP contribution in [-0.4, -0.2) is 30.5 Å². The number of piperidine rings is 1. The maximum absolute atomic E-state index is 12.6. The Kier molecular flexibility index (Phi) is 3.13. The van der Waals surface area contributed by atoms with Crippen LogP contribution in [0.4, 0.5) is 0 Å². The van der Waals surface area contributed by atoms with Crippen LogP contribution in [0.1, 0.15) is 31.2 Å². The minimum absolute atomic E-state index is 0.134. The lowest BCUT2D eigenvalue weighted by Gasteiger charge is -2.36. The molecule has 20 heavy (non-hydrogen) atoms. The van der Waals surface area contributed by atoms with Crippen molar-refractivity contribution in [2.24, 2.45) is 5.41 Å². The molecule has 104 valence electrons. The maximum Gasteiger partial charge on any atom is 0.233 e. The fourth-order valence-electron chi connectivity index (χ4n) is 2.92. The lowest BCUT2D eigenvalue weighted by molar-refractivity contribution is -0.134. The van der Waals surface area contributed by atoms with Crippen molar-refractivity contribution in [1.29, 1.82) is 5.26 Å². The molecule has 0 spiro atoms. The van der Waals surface area contributed by atoms with Crippen LogP contribution in [0.5, 0.6) is 5.75 Å². The van der Waals surface area contributed by atoms with Crippen LogP contribution >= 0.6 is 0 Å². The minimum atomic E-state index is -0.277. The summed E-state index contributed by atoms with van der Waals surface area (Å²) in [5, 5.41) is 9.14. The van der Waals surface area contributed by atoms with Gasteiger partial charge in [-0.05, 0) is 25.8 Å². The number of amides is 1. The fourth-order valence-corrected chi connectivity index (χ4v) is 2.92. The molecule has 0 radical (unpaired) electrons. The van der Waals surface area contributed by atoms with Crippen LogP contribution in [0.25, 0.3) is 0 Å². The molecular weight excluding hydrogens is 252 g/mol. The third-order valence-corrected chi connectivity index (χ3v) is 4.45. The van der Waals surface area contributed by atoms with E-state index in [0.29, 0.717) is 19.7 Å². The van der Waals surface area contributed by atoms with Crippen molar-refractivity contribution in [3.8, 4) is 11.8 Å². The summed E-state index contributed by atoms with van der Waals surface area (Å²) in [6, 6.07) is 10.1. The molecule has 2 heterocycles. The molecule has 0 aliphatic carbocycles. The number of ether oxygens (including phenoxy) is 1. The van der Waals surface area contributed by atoms with E-state index in [1.807, 2.05) is 36.1 Å². The molecule has 4 nitrogen and oxygen atoms in total. The van der Waals surface area contributed by atoms with Crippen LogP contribution in [-0.2, 0) is 4.79 Å². The highest BCUT2D eigenvalue weighted by molar-refractivity contribution is 5.85. The van der Waals surface area contributed by atoms with E-state index in [4.69, 9.17) is 10.00 Å². The first-order chi connectivity index (χ1) is 9.63. The topological polar surface area (TPSA) is 53.3 Å². The largest absolute Gasteiger partial charge is 0.492 e. The average Bonchev–Trinajstić information content (AvgIpc) is 2.91. The van der Waals surface area contributed by atoms with E-state index >= 15 is 0 Å². The fraction of sp³-hybridized carbons (Fsp3) is 0.500. The molecule has 1 aromatic rings. The Hall–Kier alpha value is -2.02. The van der Waals surface area contributed by atoms with Gasteiger partial charge in [-0.25, -0.2) is 0 Å². The van der Waals surface area contributed by atoms with Crippen molar-refractivity contribution in [3.05, 3.63) is 29.8 Å². The van der Waals surface area contributed by atoms with Crippen molar-refractivity contribution in [2.75, 3.05) is 19.7 Å². The third kappa shape index (κ3) is 2.14. The van der Waals surface area contributed by atoms with E-state index in [1.54, 1.807) is 0 Å². The molecule has 2 aliphatic heterocycles. The lowest BCUT2D eigenvalue weighted by atomic mass is 9.81. The first-order valence-electron chi connectivity index (χ1n) is 7.05. The Labute approximate surface area is 118 Å². The van der Waals surface area contributed by atoms with Gasteiger partial charge in [-0.15, -0.1) is 0 Å². The van der Waals surface area contributed by atoms with Crippen LogP contribution < -0.4 is 4.74 Å². The number of carbonyl (C=O) groups is 1. The number of carbonyl (C=O) groups excluding carboxylic acids is 1. The van der Waals surface area contributed by atoms with Gasteiger partial charge in [0.2, 0.25) is 5.91 Å². The molecule has 0 N–H and O–H groups in total. The van der Waals surface area contributed by atoms with Crippen molar-refractivity contribution >= 4 is 5.91 Å². The molecule has 1 aromatic carbocycles. The number of likely N-dealkylation sites (tertiary alicyclic amines) is 1. The normalized spacial score (nSPS) is 23.6. The molecule has 1 amide bonds. The zero-order chi connectivity index (χ0) is 14.2. The molecular formula is C16H18N2O2. The Morgan fingerprint density at radius 3 is 2.80 bits per heavy atom. The summed E-state index contributed by atoms with van der Waals surface area (Å²) in [5.74, 6) is 0.775. The number of para-hydroxylation sites is 1. The maximum atomic E-state index is 12.6. The second-order valence-electron chi connectivity index (χ2n) is 5.90. The molecule has 1 unspecified atom stereocenters. The molecule has 1 fully saturated rings. The quantitative estimate of drug-likeness (QED) is 0.787. The van der Waals surface area contributed by atoms with Gasteiger partial charge >= 0.3 is 0 Å². The summed E-state index contributed by atoms with van der Waals surface area (Å²) in [6.45, 7) is 3.75. The van der Waals surface area contributed by atoms with E-state index in [2.05, 4.69) is 6.07 Å². The van der Waals surface area contributed by atoms with Crippen LogP contribution in [0.3, 0.4) is 0 Å². The second kappa shape index (κ2) is 4.82. The molecule has 3 rings (SSSR count). The predicted molar refractivity (Wildman–Crippen MR) is 74.2 cm³/mol. The highest BCUT2D eigenvalue weighted by atomic mass is 16.5. The first kappa shape index (κ1) is 13.0. The van der Waals surface area contributed by atoms with Gasteiger partial charge in [0.1, 0.15) is 18.3 Å². The zero-order valence-electron chi connectivity index (χ0n) is 11.6. The van der Waals surface area contributed by atoms with Crippen LogP contribution in [0.2, 0.25) is 0 Å². The molecule has 1 atom stereocenters. The summed E-state index contributed by atoms with van der Waals surface area (Å²) in [7, 11) is 0. The lowest BCUT2D eigenvalue weighted by Crippen LogP contribution is -2.44. The predicted octanol–water partition coefficient (Wildman–Crippen LogP) is 2.31.